The van der Waals surface area contributed by atoms with E-state index >= 15 is 0 Å². The summed E-state index contributed by atoms with van der Waals surface area (Å²) in [5, 5.41) is 3.87. The second-order valence-electron chi connectivity index (χ2n) is 4.73. The van der Waals surface area contributed by atoms with Crippen molar-refractivity contribution < 1.29 is 23.8 Å². The van der Waals surface area contributed by atoms with Gasteiger partial charge in [-0.25, -0.2) is 4.79 Å². The maximum atomic E-state index is 11.6. The summed E-state index contributed by atoms with van der Waals surface area (Å²) in [5.74, 6) is -0.161. The number of nitrogens with zero attached hydrogens (tertiary/aromatic N) is 1. The lowest BCUT2D eigenvalue weighted by Crippen LogP contribution is -2.11. The lowest BCUT2D eigenvalue weighted by Gasteiger charge is -2.11. The third kappa shape index (κ3) is 5.47. The molecule has 0 fully saturated rings. The molecule has 22 heavy (non-hydrogen) atoms. The summed E-state index contributed by atoms with van der Waals surface area (Å²) >= 11 is 0. The number of hydrogen-bond acceptors (Lipinski definition) is 6. The van der Waals surface area contributed by atoms with Crippen LogP contribution < -0.4 is 4.74 Å². The average molecular weight is 307 g/mol. The first kappa shape index (κ1) is 17.6. The molecule has 0 unspecified atom stereocenters. The summed E-state index contributed by atoms with van der Waals surface area (Å²) in [6.45, 7) is 5.64. The van der Waals surface area contributed by atoms with Crippen molar-refractivity contribution in [1.82, 2.24) is 0 Å². The van der Waals surface area contributed by atoms with Gasteiger partial charge in [-0.05, 0) is 38.0 Å². The van der Waals surface area contributed by atoms with Gasteiger partial charge in [0.2, 0.25) is 5.76 Å². The van der Waals surface area contributed by atoms with Gasteiger partial charge in [-0.15, -0.1) is 0 Å². The van der Waals surface area contributed by atoms with Crippen LogP contribution in [0.5, 0.6) is 5.75 Å². The molecule has 0 atom stereocenters. The van der Waals surface area contributed by atoms with Gasteiger partial charge < -0.3 is 19.0 Å². The molecule has 6 nitrogen and oxygen atoms in total. The maximum Gasteiger partial charge on any atom is 0.377 e. The van der Waals surface area contributed by atoms with Crippen molar-refractivity contribution in [3.05, 3.63) is 41.3 Å². The van der Waals surface area contributed by atoms with E-state index in [1.54, 1.807) is 12.3 Å². The predicted octanol–water partition coefficient (Wildman–Crippen LogP) is 2.79. The summed E-state index contributed by atoms with van der Waals surface area (Å²) in [5.41, 5.74) is 1.63. The summed E-state index contributed by atoms with van der Waals surface area (Å²) in [7, 11) is 2.69. The van der Waals surface area contributed by atoms with Gasteiger partial charge in [-0.2, -0.15) is 0 Å². The monoisotopic (exact) mass is 307 g/mol. The molecule has 0 amide bonds. The average Bonchev–Trinajstić information content (AvgIpc) is 2.48. The Hall–Kier alpha value is -2.50. The third-order valence-corrected chi connectivity index (χ3v) is 2.52. The second-order valence-corrected chi connectivity index (χ2v) is 4.73. The van der Waals surface area contributed by atoms with Gasteiger partial charge in [-0.1, -0.05) is 17.3 Å². The largest absolute Gasteiger partial charge is 0.500 e. The molecule has 0 spiro atoms. The molecule has 1 aromatic rings. The molecule has 0 heterocycles. The van der Waals surface area contributed by atoms with Crippen LogP contribution in [0.4, 0.5) is 0 Å². The van der Waals surface area contributed by atoms with E-state index < -0.39 is 5.97 Å². The number of benzene rings is 1. The van der Waals surface area contributed by atoms with Crippen LogP contribution in [0.2, 0.25) is 0 Å². The molecule has 0 saturated carbocycles. The third-order valence-electron chi connectivity index (χ3n) is 2.52. The number of methoxy groups -OCH3 is 2. The Morgan fingerprint density at radius 1 is 1.27 bits per heavy atom. The Balaban J connectivity index is 2.96. The fourth-order valence-corrected chi connectivity index (χ4v) is 1.46. The molecule has 0 N–H and O–H groups in total. The summed E-state index contributed by atoms with van der Waals surface area (Å²) < 4.78 is 15.0. The minimum absolute atomic E-state index is 0.00739. The zero-order valence-corrected chi connectivity index (χ0v) is 13.5. The smallest absolute Gasteiger partial charge is 0.377 e. The van der Waals surface area contributed by atoms with Crippen LogP contribution in [0, 0.1) is 6.92 Å². The molecule has 0 radical (unpaired) electrons. The zero-order chi connectivity index (χ0) is 16.5. The number of oxime groups is 1. The predicted molar refractivity (Wildman–Crippen MR) is 82.7 cm³/mol. The molecule has 0 aliphatic carbocycles. The van der Waals surface area contributed by atoms with Gasteiger partial charge in [0.15, 0.2) is 0 Å². The van der Waals surface area contributed by atoms with Crippen molar-refractivity contribution in [1.29, 1.82) is 0 Å². The highest BCUT2D eigenvalue weighted by Gasteiger charge is 2.14. The number of carbonyl (C=O) groups excluding carboxylic acids is 1. The Bertz CT molecular complexity index is 564. The number of hydrogen-bond donors (Lipinski definition) is 0. The highest BCUT2D eigenvalue weighted by atomic mass is 16.6. The van der Waals surface area contributed by atoms with Crippen LogP contribution >= 0.6 is 0 Å². The molecular formula is C16H21NO5. The Kier molecular flexibility index (Phi) is 6.95. The van der Waals surface area contributed by atoms with Crippen molar-refractivity contribution in [2.24, 2.45) is 5.16 Å². The highest BCUT2D eigenvalue weighted by Crippen LogP contribution is 2.21. The van der Waals surface area contributed by atoms with Gasteiger partial charge in [0.1, 0.15) is 18.1 Å². The molecule has 0 aliphatic heterocycles. The molecule has 1 aromatic carbocycles. The van der Waals surface area contributed by atoms with Gasteiger partial charge in [0, 0.05) is 0 Å². The van der Waals surface area contributed by atoms with Gasteiger partial charge in [0.25, 0.3) is 0 Å². The normalized spacial score (nSPS) is 11.6. The number of ether oxygens (including phenoxy) is 3. The van der Waals surface area contributed by atoms with Crippen molar-refractivity contribution in [3.63, 3.8) is 0 Å². The van der Waals surface area contributed by atoms with Crippen LogP contribution in [0.3, 0.4) is 0 Å². The maximum absolute atomic E-state index is 11.6. The van der Waals surface area contributed by atoms with Crippen molar-refractivity contribution in [2.45, 2.75) is 26.9 Å². The molecular weight excluding hydrogens is 286 g/mol. The molecule has 1 rings (SSSR count). The molecule has 0 saturated heterocycles. The summed E-state index contributed by atoms with van der Waals surface area (Å²) in [6, 6.07) is 5.47. The number of carbonyl (C=O) groups is 1. The van der Waals surface area contributed by atoms with Gasteiger partial charge >= 0.3 is 5.97 Å². The van der Waals surface area contributed by atoms with Crippen molar-refractivity contribution in [2.75, 3.05) is 14.2 Å². The van der Waals surface area contributed by atoms with Gasteiger partial charge in [-0.3, -0.25) is 0 Å². The van der Waals surface area contributed by atoms with Crippen molar-refractivity contribution >= 4 is 12.2 Å². The number of rotatable bonds is 7. The Labute approximate surface area is 130 Å². The lowest BCUT2D eigenvalue weighted by atomic mass is 10.1. The zero-order valence-electron chi connectivity index (χ0n) is 13.5. The number of esters is 1. The Morgan fingerprint density at radius 3 is 2.59 bits per heavy atom. The molecule has 6 heteroatoms. The van der Waals surface area contributed by atoms with Crippen LogP contribution in [0.15, 0.2) is 35.4 Å². The van der Waals surface area contributed by atoms with E-state index in [4.69, 9.17) is 14.3 Å². The van der Waals surface area contributed by atoms with Crippen LogP contribution in [-0.2, 0) is 19.1 Å². The van der Waals surface area contributed by atoms with E-state index in [1.807, 2.05) is 32.9 Å². The Morgan fingerprint density at radius 2 is 2.00 bits per heavy atom. The number of aryl methyl sites for hydroxylation is 1. The topological polar surface area (TPSA) is 66.3 Å². The lowest BCUT2D eigenvalue weighted by molar-refractivity contribution is -0.138. The van der Waals surface area contributed by atoms with E-state index in [-0.39, 0.29) is 11.9 Å². The molecule has 0 bridgehead atoms. The van der Waals surface area contributed by atoms with E-state index in [2.05, 4.69) is 9.89 Å². The van der Waals surface area contributed by atoms with E-state index in [1.165, 1.54) is 20.5 Å². The molecule has 0 aliphatic rings. The minimum Gasteiger partial charge on any atom is -0.500 e. The van der Waals surface area contributed by atoms with E-state index in [0.717, 1.165) is 11.1 Å². The summed E-state index contributed by atoms with van der Waals surface area (Å²) in [6.07, 6.45) is 2.77. The molecule has 120 valence electrons. The van der Waals surface area contributed by atoms with Crippen molar-refractivity contribution in [3.8, 4) is 5.75 Å². The highest BCUT2D eigenvalue weighted by molar-refractivity contribution is 5.86. The fraction of sp³-hybridized carbons (Fsp3) is 0.375. The SMILES string of the molecule is CO/C=C(\Oc1cc(/C=N/OC(C)C)ccc1C)C(=O)OC. The van der Waals surface area contributed by atoms with Crippen LogP contribution in [0.25, 0.3) is 0 Å². The fourth-order valence-electron chi connectivity index (χ4n) is 1.46. The first-order valence-electron chi connectivity index (χ1n) is 6.77. The van der Waals surface area contributed by atoms with E-state index in [9.17, 15) is 4.79 Å². The first-order chi connectivity index (χ1) is 10.5. The van der Waals surface area contributed by atoms with E-state index in [0.29, 0.717) is 5.75 Å². The minimum atomic E-state index is -0.622. The molecule has 0 aromatic heterocycles. The van der Waals surface area contributed by atoms with Crippen LogP contribution in [-0.4, -0.2) is 32.5 Å². The standard InChI is InChI=1S/C16H21NO5/c1-11(2)22-17-9-13-7-6-12(3)14(8-13)21-15(10-19-4)16(18)20-5/h6-11H,1-5H3/b15-10-,17-9+. The first-order valence-corrected chi connectivity index (χ1v) is 6.77. The van der Waals surface area contributed by atoms with Gasteiger partial charge in [0.05, 0.1) is 20.4 Å². The second kappa shape index (κ2) is 8.71. The quantitative estimate of drug-likeness (QED) is 0.255. The summed E-state index contributed by atoms with van der Waals surface area (Å²) in [4.78, 5) is 16.7. The van der Waals surface area contributed by atoms with Crippen LogP contribution in [0.1, 0.15) is 25.0 Å².